The number of nitrogens with one attached hydrogen (secondary N) is 1. The molecular formula is C13H21N3O3. The highest BCUT2D eigenvalue weighted by molar-refractivity contribution is 5.81. The van der Waals surface area contributed by atoms with Gasteiger partial charge in [0.1, 0.15) is 5.54 Å². The molecule has 6 heteroatoms. The predicted molar refractivity (Wildman–Crippen MR) is 72.4 cm³/mol. The molecule has 2 N–H and O–H groups in total. The van der Waals surface area contributed by atoms with Crippen LogP contribution in [-0.4, -0.2) is 33.2 Å². The van der Waals surface area contributed by atoms with E-state index in [1.54, 1.807) is 12.3 Å². The van der Waals surface area contributed by atoms with Crippen molar-refractivity contribution < 1.29 is 14.6 Å². The van der Waals surface area contributed by atoms with Crippen molar-refractivity contribution in [3.8, 4) is 5.88 Å². The highest BCUT2D eigenvalue weighted by Gasteiger charge is 2.35. The van der Waals surface area contributed by atoms with E-state index in [-0.39, 0.29) is 5.95 Å². The van der Waals surface area contributed by atoms with Gasteiger partial charge in [-0.15, -0.1) is 0 Å². The first-order valence-corrected chi connectivity index (χ1v) is 6.55. The molecule has 6 nitrogen and oxygen atoms in total. The van der Waals surface area contributed by atoms with E-state index in [1.165, 1.54) is 0 Å². The van der Waals surface area contributed by atoms with Crippen LogP contribution in [0.1, 0.15) is 40.0 Å². The molecule has 0 saturated heterocycles. The number of hydrogen-bond donors (Lipinski definition) is 2. The van der Waals surface area contributed by atoms with E-state index in [2.05, 4.69) is 15.3 Å². The zero-order valence-electron chi connectivity index (χ0n) is 11.6. The molecular weight excluding hydrogens is 246 g/mol. The molecule has 0 saturated carbocycles. The summed E-state index contributed by atoms with van der Waals surface area (Å²) < 4.78 is 5.40. The van der Waals surface area contributed by atoms with Crippen molar-refractivity contribution in [1.82, 2.24) is 9.97 Å². The van der Waals surface area contributed by atoms with Gasteiger partial charge in [-0.25, -0.2) is 9.78 Å². The maximum Gasteiger partial charge on any atom is 0.329 e. The molecule has 1 aromatic rings. The van der Waals surface area contributed by atoms with Gasteiger partial charge in [0.05, 0.1) is 6.61 Å². The minimum Gasteiger partial charge on any atom is -0.480 e. The molecule has 19 heavy (non-hydrogen) atoms. The Kier molecular flexibility index (Phi) is 5.54. The molecule has 0 aliphatic carbocycles. The van der Waals surface area contributed by atoms with Gasteiger partial charge in [-0.05, 0) is 19.3 Å². The minimum absolute atomic E-state index is 0.278. The molecule has 0 spiro atoms. The van der Waals surface area contributed by atoms with E-state index in [1.807, 2.05) is 20.8 Å². The van der Waals surface area contributed by atoms with Gasteiger partial charge in [0.25, 0.3) is 0 Å². The van der Waals surface area contributed by atoms with Gasteiger partial charge in [0, 0.05) is 12.3 Å². The third kappa shape index (κ3) is 3.81. The molecule has 0 bridgehead atoms. The fraction of sp³-hybridized carbons (Fsp3) is 0.615. The average molecular weight is 267 g/mol. The quantitative estimate of drug-likeness (QED) is 0.752. The van der Waals surface area contributed by atoms with Crippen LogP contribution < -0.4 is 10.1 Å². The third-order valence-corrected chi connectivity index (χ3v) is 3.05. The van der Waals surface area contributed by atoms with Crippen LogP contribution in [0.15, 0.2) is 12.3 Å². The Bertz CT molecular complexity index is 419. The first-order valence-electron chi connectivity index (χ1n) is 6.55. The number of anilines is 1. The lowest BCUT2D eigenvalue weighted by atomic mass is 9.93. The van der Waals surface area contributed by atoms with Crippen LogP contribution in [0, 0.1) is 0 Å². The third-order valence-electron chi connectivity index (χ3n) is 3.05. The SMILES string of the molecule is CCCOc1ccnc(NC(CC)(CC)C(=O)O)n1. The number of rotatable bonds is 8. The molecule has 0 aromatic carbocycles. The fourth-order valence-corrected chi connectivity index (χ4v) is 1.69. The second kappa shape index (κ2) is 6.92. The van der Waals surface area contributed by atoms with Crippen LogP contribution in [0.2, 0.25) is 0 Å². The van der Waals surface area contributed by atoms with Crippen LogP contribution >= 0.6 is 0 Å². The number of carboxylic acids is 1. The molecule has 1 heterocycles. The monoisotopic (exact) mass is 267 g/mol. The maximum absolute atomic E-state index is 11.4. The zero-order valence-corrected chi connectivity index (χ0v) is 11.6. The maximum atomic E-state index is 11.4. The van der Waals surface area contributed by atoms with Crippen molar-refractivity contribution in [3.63, 3.8) is 0 Å². The summed E-state index contributed by atoms with van der Waals surface area (Å²) in [5.74, 6) is -0.175. The van der Waals surface area contributed by atoms with E-state index in [4.69, 9.17) is 4.74 Å². The lowest BCUT2D eigenvalue weighted by Gasteiger charge is -2.27. The lowest BCUT2D eigenvalue weighted by molar-refractivity contribution is -0.142. The van der Waals surface area contributed by atoms with Gasteiger partial charge in [-0.1, -0.05) is 20.8 Å². The summed E-state index contributed by atoms with van der Waals surface area (Å²) in [7, 11) is 0. The molecule has 1 rings (SSSR count). The fourth-order valence-electron chi connectivity index (χ4n) is 1.69. The van der Waals surface area contributed by atoms with Crippen molar-refractivity contribution in [3.05, 3.63) is 12.3 Å². The topological polar surface area (TPSA) is 84.3 Å². The Morgan fingerprint density at radius 3 is 2.63 bits per heavy atom. The molecule has 0 amide bonds. The Hall–Kier alpha value is -1.85. The van der Waals surface area contributed by atoms with E-state index in [9.17, 15) is 9.90 Å². The summed E-state index contributed by atoms with van der Waals surface area (Å²) in [6, 6.07) is 1.65. The van der Waals surface area contributed by atoms with Gasteiger partial charge in [0.2, 0.25) is 11.8 Å². The van der Waals surface area contributed by atoms with Gasteiger partial charge in [0.15, 0.2) is 0 Å². The number of nitrogens with zero attached hydrogens (tertiary/aromatic N) is 2. The van der Waals surface area contributed by atoms with E-state index in [0.717, 1.165) is 6.42 Å². The van der Waals surface area contributed by atoms with Crippen molar-refractivity contribution in [2.45, 2.75) is 45.6 Å². The van der Waals surface area contributed by atoms with Crippen LogP contribution in [-0.2, 0) is 4.79 Å². The molecule has 0 radical (unpaired) electrons. The highest BCUT2D eigenvalue weighted by Crippen LogP contribution is 2.21. The summed E-state index contributed by atoms with van der Waals surface area (Å²) in [5, 5.41) is 12.3. The van der Waals surface area contributed by atoms with E-state index < -0.39 is 11.5 Å². The zero-order chi connectivity index (χ0) is 14.3. The first-order chi connectivity index (χ1) is 9.07. The van der Waals surface area contributed by atoms with E-state index in [0.29, 0.717) is 25.3 Å². The smallest absolute Gasteiger partial charge is 0.329 e. The normalized spacial score (nSPS) is 11.1. The first kappa shape index (κ1) is 15.2. The molecule has 106 valence electrons. The minimum atomic E-state index is -1.04. The van der Waals surface area contributed by atoms with Crippen LogP contribution in [0.25, 0.3) is 0 Å². The van der Waals surface area contributed by atoms with Crippen LogP contribution in [0.5, 0.6) is 5.88 Å². The number of carbonyl (C=O) groups is 1. The number of aliphatic carboxylic acids is 1. The van der Waals surface area contributed by atoms with Crippen molar-refractivity contribution in [2.24, 2.45) is 0 Å². The number of hydrogen-bond acceptors (Lipinski definition) is 5. The Balaban J connectivity index is 2.88. The molecule has 0 aliphatic rings. The van der Waals surface area contributed by atoms with E-state index >= 15 is 0 Å². The van der Waals surface area contributed by atoms with Gasteiger partial charge in [-0.3, -0.25) is 0 Å². The van der Waals surface area contributed by atoms with Crippen molar-refractivity contribution in [2.75, 3.05) is 11.9 Å². The predicted octanol–water partition coefficient (Wildman–Crippen LogP) is 2.32. The number of carboxylic acid groups (broad SMARTS) is 1. The molecule has 0 unspecified atom stereocenters. The summed E-state index contributed by atoms with van der Waals surface area (Å²) in [6.45, 7) is 6.22. The second-order valence-electron chi connectivity index (χ2n) is 4.29. The average Bonchev–Trinajstić information content (AvgIpc) is 2.42. The molecule has 0 fully saturated rings. The van der Waals surface area contributed by atoms with Gasteiger partial charge >= 0.3 is 5.97 Å². The summed E-state index contributed by atoms with van der Waals surface area (Å²) in [6.07, 6.45) is 3.33. The lowest BCUT2D eigenvalue weighted by Crippen LogP contribution is -2.45. The molecule has 1 aromatic heterocycles. The summed E-state index contributed by atoms with van der Waals surface area (Å²) in [5.41, 5.74) is -1.04. The van der Waals surface area contributed by atoms with Gasteiger partial charge in [-0.2, -0.15) is 4.98 Å². The Labute approximate surface area is 113 Å². The summed E-state index contributed by atoms with van der Waals surface area (Å²) >= 11 is 0. The standard InChI is InChI=1S/C13H21N3O3/c1-4-9-19-10-7-8-14-12(15-10)16-13(5-2,6-3)11(17)18/h7-8H,4-6,9H2,1-3H3,(H,17,18)(H,14,15,16). The van der Waals surface area contributed by atoms with Crippen LogP contribution in [0.3, 0.4) is 0 Å². The molecule has 0 atom stereocenters. The van der Waals surface area contributed by atoms with Crippen molar-refractivity contribution >= 4 is 11.9 Å². The van der Waals surface area contributed by atoms with Crippen molar-refractivity contribution in [1.29, 1.82) is 0 Å². The number of ether oxygens (including phenoxy) is 1. The summed E-state index contributed by atoms with van der Waals surface area (Å²) in [4.78, 5) is 19.6. The molecule has 0 aliphatic heterocycles. The Morgan fingerprint density at radius 2 is 2.11 bits per heavy atom. The number of aromatic nitrogens is 2. The largest absolute Gasteiger partial charge is 0.480 e. The van der Waals surface area contributed by atoms with Gasteiger partial charge < -0.3 is 15.2 Å². The Morgan fingerprint density at radius 1 is 1.42 bits per heavy atom. The highest BCUT2D eigenvalue weighted by atomic mass is 16.5. The second-order valence-corrected chi connectivity index (χ2v) is 4.29. The van der Waals surface area contributed by atoms with Crippen LogP contribution in [0.4, 0.5) is 5.95 Å².